The Hall–Kier alpha value is -2.24. The molecule has 0 aromatic heterocycles. The molecule has 1 heterocycles. The van der Waals surface area contributed by atoms with Crippen LogP contribution in [-0.2, 0) is 22.5 Å². The lowest BCUT2D eigenvalue weighted by Crippen LogP contribution is -2.46. The number of esters is 1. The van der Waals surface area contributed by atoms with Gasteiger partial charge in [-0.2, -0.15) is 0 Å². The molecular formula is C23H28ClNO4. The van der Waals surface area contributed by atoms with Gasteiger partial charge in [-0.15, -0.1) is 0 Å². The monoisotopic (exact) mass is 417 g/mol. The third kappa shape index (κ3) is 5.03. The van der Waals surface area contributed by atoms with Crippen molar-refractivity contribution in [2.45, 2.75) is 32.7 Å². The first-order valence-electron chi connectivity index (χ1n) is 9.96. The Kier molecular flexibility index (Phi) is 7.04. The van der Waals surface area contributed by atoms with E-state index >= 15 is 0 Å². The van der Waals surface area contributed by atoms with Crippen molar-refractivity contribution in [3.63, 3.8) is 0 Å². The number of rotatable bonds is 7. The van der Waals surface area contributed by atoms with Crippen LogP contribution < -0.4 is 4.74 Å². The van der Waals surface area contributed by atoms with E-state index in [0.717, 1.165) is 37.1 Å². The van der Waals surface area contributed by atoms with Gasteiger partial charge in [0.1, 0.15) is 0 Å². The highest BCUT2D eigenvalue weighted by molar-refractivity contribution is 6.31. The molecule has 1 saturated heterocycles. The van der Waals surface area contributed by atoms with Gasteiger partial charge in [0, 0.05) is 17.6 Å². The van der Waals surface area contributed by atoms with E-state index in [1.807, 2.05) is 25.1 Å². The highest BCUT2D eigenvalue weighted by Gasteiger charge is 2.42. The molecule has 29 heavy (non-hydrogen) atoms. The fourth-order valence-corrected chi connectivity index (χ4v) is 4.19. The third-order valence-corrected chi connectivity index (χ3v) is 6.00. The number of hydrogen-bond donors (Lipinski definition) is 1. The number of hydrogen-bond acceptors (Lipinski definition) is 5. The van der Waals surface area contributed by atoms with E-state index in [1.54, 1.807) is 6.07 Å². The van der Waals surface area contributed by atoms with Crippen molar-refractivity contribution in [2.75, 3.05) is 26.8 Å². The first kappa shape index (κ1) is 21.5. The van der Waals surface area contributed by atoms with Gasteiger partial charge < -0.3 is 14.6 Å². The molecule has 0 amide bonds. The van der Waals surface area contributed by atoms with E-state index in [1.165, 1.54) is 13.2 Å². The Morgan fingerprint density at radius 1 is 1.21 bits per heavy atom. The van der Waals surface area contributed by atoms with Crippen LogP contribution >= 0.6 is 11.6 Å². The lowest BCUT2D eigenvalue weighted by molar-refractivity contribution is -0.158. The van der Waals surface area contributed by atoms with E-state index in [4.69, 9.17) is 21.1 Å². The Morgan fingerprint density at radius 3 is 2.52 bits per heavy atom. The van der Waals surface area contributed by atoms with Crippen LogP contribution in [0.1, 0.15) is 30.9 Å². The number of methoxy groups -OCH3 is 1. The number of phenolic OH excluding ortho intramolecular Hbond substituents is 1. The molecule has 1 N–H and O–H groups in total. The molecule has 1 aliphatic rings. The van der Waals surface area contributed by atoms with Crippen LogP contribution in [0.2, 0.25) is 5.02 Å². The summed E-state index contributed by atoms with van der Waals surface area (Å²) in [5.41, 5.74) is 1.55. The maximum Gasteiger partial charge on any atom is 0.312 e. The maximum absolute atomic E-state index is 12.9. The number of aromatic hydroxyl groups is 1. The van der Waals surface area contributed by atoms with E-state index < -0.39 is 5.41 Å². The van der Waals surface area contributed by atoms with Crippen LogP contribution in [0.5, 0.6) is 11.5 Å². The minimum atomic E-state index is -0.496. The zero-order chi connectivity index (χ0) is 20.9. The van der Waals surface area contributed by atoms with Gasteiger partial charge in [-0.05, 0) is 56.5 Å². The number of phenols is 1. The molecule has 0 atom stereocenters. The zero-order valence-corrected chi connectivity index (χ0v) is 17.7. The average molecular weight is 418 g/mol. The quantitative estimate of drug-likeness (QED) is 0.675. The normalized spacial score (nSPS) is 16.4. The summed E-state index contributed by atoms with van der Waals surface area (Å²) in [6, 6.07) is 13.4. The molecule has 156 valence electrons. The summed E-state index contributed by atoms with van der Waals surface area (Å²) in [6.45, 7) is 4.42. The van der Waals surface area contributed by atoms with Crippen LogP contribution in [0.25, 0.3) is 0 Å². The Labute approximate surface area is 177 Å². The molecule has 0 unspecified atom stereocenters. The molecule has 1 fully saturated rings. The number of ether oxygens (including phenoxy) is 2. The molecule has 0 spiro atoms. The highest BCUT2D eigenvalue weighted by atomic mass is 35.5. The van der Waals surface area contributed by atoms with E-state index in [0.29, 0.717) is 30.3 Å². The molecule has 5 nitrogen and oxygen atoms in total. The van der Waals surface area contributed by atoms with Gasteiger partial charge >= 0.3 is 5.97 Å². The van der Waals surface area contributed by atoms with Gasteiger partial charge in [0.25, 0.3) is 0 Å². The molecule has 2 aromatic carbocycles. The summed E-state index contributed by atoms with van der Waals surface area (Å²) < 4.78 is 10.6. The second-order valence-corrected chi connectivity index (χ2v) is 7.96. The lowest BCUT2D eigenvalue weighted by Gasteiger charge is -2.40. The number of halogens is 1. The zero-order valence-electron chi connectivity index (χ0n) is 17.0. The maximum atomic E-state index is 12.9. The minimum absolute atomic E-state index is 0.0316. The smallest absolute Gasteiger partial charge is 0.312 e. The second kappa shape index (κ2) is 9.51. The van der Waals surface area contributed by atoms with Crippen molar-refractivity contribution < 1.29 is 19.4 Å². The molecule has 0 radical (unpaired) electrons. The molecule has 3 rings (SSSR count). The Balaban J connectivity index is 1.72. The largest absolute Gasteiger partial charge is 0.504 e. The van der Waals surface area contributed by atoms with E-state index in [-0.39, 0.29) is 11.7 Å². The number of carbonyl (C=O) groups excluding carboxylic acids is 1. The Morgan fingerprint density at radius 2 is 1.90 bits per heavy atom. The fraction of sp³-hybridized carbons (Fsp3) is 0.435. The van der Waals surface area contributed by atoms with Crippen LogP contribution in [0.4, 0.5) is 0 Å². The SMILES string of the molecule is CCOC(=O)C1(Cc2ccccc2)CCN(Cc2cc(OC)c(O)cc2Cl)CC1. The summed E-state index contributed by atoms with van der Waals surface area (Å²) in [6.07, 6.45) is 2.15. The van der Waals surface area contributed by atoms with Gasteiger partial charge in [0.2, 0.25) is 0 Å². The van der Waals surface area contributed by atoms with Crippen molar-refractivity contribution in [3.05, 3.63) is 58.6 Å². The van der Waals surface area contributed by atoms with Gasteiger partial charge in [-0.3, -0.25) is 9.69 Å². The number of benzene rings is 2. The molecule has 1 aliphatic heterocycles. The fourth-order valence-electron chi connectivity index (χ4n) is 3.97. The summed E-state index contributed by atoms with van der Waals surface area (Å²) in [5, 5.41) is 10.4. The van der Waals surface area contributed by atoms with Crippen molar-refractivity contribution in [1.29, 1.82) is 0 Å². The van der Waals surface area contributed by atoms with Crippen LogP contribution in [0.3, 0.4) is 0 Å². The lowest BCUT2D eigenvalue weighted by atomic mass is 9.73. The first-order chi connectivity index (χ1) is 14.0. The molecule has 0 aliphatic carbocycles. The third-order valence-electron chi connectivity index (χ3n) is 5.65. The molecule has 0 bridgehead atoms. The Bertz CT molecular complexity index is 832. The van der Waals surface area contributed by atoms with E-state index in [9.17, 15) is 9.90 Å². The highest BCUT2D eigenvalue weighted by Crippen LogP contribution is 2.38. The topological polar surface area (TPSA) is 59.0 Å². The summed E-state index contributed by atoms with van der Waals surface area (Å²) in [5.74, 6) is 0.336. The average Bonchev–Trinajstić information content (AvgIpc) is 2.72. The predicted molar refractivity (Wildman–Crippen MR) is 113 cm³/mol. The number of likely N-dealkylation sites (tertiary alicyclic amines) is 1. The summed E-state index contributed by atoms with van der Waals surface area (Å²) in [7, 11) is 1.52. The van der Waals surface area contributed by atoms with Crippen molar-refractivity contribution in [1.82, 2.24) is 4.90 Å². The van der Waals surface area contributed by atoms with Crippen LogP contribution in [0, 0.1) is 5.41 Å². The van der Waals surface area contributed by atoms with Gasteiger partial charge in [-0.25, -0.2) is 0 Å². The van der Waals surface area contributed by atoms with E-state index in [2.05, 4.69) is 17.0 Å². The molecule has 0 saturated carbocycles. The first-order valence-corrected chi connectivity index (χ1v) is 10.3. The number of piperidine rings is 1. The van der Waals surface area contributed by atoms with Crippen LogP contribution in [-0.4, -0.2) is 42.8 Å². The molecular weight excluding hydrogens is 390 g/mol. The summed E-state index contributed by atoms with van der Waals surface area (Å²) in [4.78, 5) is 15.1. The standard InChI is InChI=1S/C23H28ClNO4/c1-3-29-22(27)23(15-17-7-5-4-6-8-17)9-11-25(12-10-23)16-18-13-21(28-2)20(26)14-19(18)24/h4-8,13-14,26H,3,9-12,15-16H2,1-2H3. The molecule has 6 heteroatoms. The van der Waals surface area contributed by atoms with Crippen molar-refractivity contribution >= 4 is 17.6 Å². The van der Waals surface area contributed by atoms with Gasteiger partial charge in [0.15, 0.2) is 11.5 Å². The van der Waals surface area contributed by atoms with Gasteiger partial charge in [-0.1, -0.05) is 41.9 Å². The minimum Gasteiger partial charge on any atom is -0.504 e. The van der Waals surface area contributed by atoms with Gasteiger partial charge in [0.05, 0.1) is 19.1 Å². The summed E-state index contributed by atoms with van der Waals surface area (Å²) >= 11 is 6.32. The van der Waals surface area contributed by atoms with Crippen LogP contribution in [0.15, 0.2) is 42.5 Å². The second-order valence-electron chi connectivity index (χ2n) is 7.55. The van der Waals surface area contributed by atoms with Crippen molar-refractivity contribution in [2.24, 2.45) is 5.41 Å². The predicted octanol–water partition coefficient (Wildman–Crippen LogP) is 4.44. The number of carbonyl (C=O) groups is 1. The molecule has 2 aromatic rings. The van der Waals surface area contributed by atoms with Crippen molar-refractivity contribution in [3.8, 4) is 11.5 Å². The number of nitrogens with zero attached hydrogens (tertiary/aromatic N) is 1.